The Balaban J connectivity index is 2.02. The summed E-state index contributed by atoms with van der Waals surface area (Å²) in [6, 6.07) is 2.16. The van der Waals surface area contributed by atoms with Crippen molar-refractivity contribution in [2.75, 3.05) is 25.6 Å². The van der Waals surface area contributed by atoms with E-state index in [9.17, 15) is 0 Å². The first kappa shape index (κ1) is 14.2. The van der Waals surface area contributed by atoms with E-state index in [1.165, 1.54) is 5.56 Å². The second-order valence-corrected chi connectivity index (χ2v) is 6.02. The molecule has 0 amide bonds. The molecule has 0 aliphatic rings. The minimum absolute atomic E-state index is 0.744. The molecule has 0 saturated carbocycles. The maximum atomic E-state index is 5.06. The van der Waals surface area contributed by atoms with Crippen LogP contribution in [0, 0.1) is 13.8 Å². The van der Waals surface area contributed by atoms with Crippen LogP contribution in [0.25, 0.3) is 20.4 Å². The molecule has 6 heteroatoms. The molecule has 0 aromatic carbocycles. The Kier molecular flexibility index (Phi) is 3.98. The molecule has 0 saturated heterocycles. The monoisotopic (exact) mass is 302 g/mol. The lowest BCUT2D eigenvalue weighted by molar-refractivity contribution is 0.198. The predicted octanol–water partition coefficient (Wildman–Crippen LogP) is 3.30. The quantitative estimate of drug-likeness (QED) is 0.733. The second-order valence-electron chi connectivity index (χ2n) is 5.02. The Labute approximate surface area is 127 Å². The summed E-state index contributed by atoms with van der Waals surface area (Å²) in [6.45, 7) is 5.69. The van der Waals surface area contributed by atoms with Crippen LogP contribution in [0.1, 0.15) is 17.7 Å². The summed E-state index contributed by atoms with van der Waals surface area (Å²) in [5, 5.41) is 4.48. The number of nitrogens with one attached hydrogen (secondary N) is 1. The van der Waals surface area contributed by atoms with Crippen molar-refractivity contribution in [3.63, 3.8) is 0 Å². The number of hydrogen-bond donors (Lipinski definition) is 1. The van der Waals surface area contributed by atoms with Crippen molar-refractivity contribution in [1.82, 2.24) is 15.0 Å². The molecule has 3 heterocycles. The summed E-state index contributed by atoms with van der Waals surface area (Å²) >= 11 is 1.65. The van der Waals surface area contributed by atoms with Crippen molar-refractivity contribution in [2.45, 2.75) is 20.3 Å². The van der Waals surface area contributed by atoms with Gasteiger partial charge < -0.3 is 10.1 Å². The average molecular weight is 302 g/mol. The number of pyridine rings is 1. The highest BCUT2D eigenvalue weighted by atomic mass is 32.1. The molecule has 0 spiro atoms. The summed E-state index contributed by atoms with van der Waals surface area (Å²) in [6.07, 6.45) is 2.56. The fourth-order valence-corrected chi connectivity index (χ4v) is 3.36. The van der Waals surface area contributed by atoms with E-state index < -0.39 is 0 Å². The normalized spacial score (nSPS) is 11.4. The van der Waals surface area contributed by atoms with Crippen LogP contribution >= 0.6 is 11.3 Å². The average Bonchev–Trinajstić information content (AvgIpc) is 2.83. The van der Waals surface area contributed by atoms with Gasteiger partial charge in [0.05, 0.1) is 10.2 Å². The molecule has 5 nitrogen and oxygen atoms in total. The third-order valence-corrected chi connectivity index (χ3v) is 4.60. The molecule has 21 heavy (non-hydrogen) atoms. The summed E-state index contributed by atoms with van der Waals surface area (Å²) in [5.74, 6) is 0.884. The molecule has 0 radical (unpaired) electrons. The first-order valence-electron chi connectivity index (χ1n) is 6.95. The number of hydrogen-bond acceptors (Lipinski definition) is 6. The van der Waals surface area contributed by atoms with E-state index in [2.05, 4.69) is 33.3 Å². The lowest BCUT2D eigenvalue weighted by atomic mass is 10.2. The number of aryl methyl sites for hydroxylation is 2. The molecule has 1 N–H and O–H groups in total. The van der Waals surface area contributed by atoms with Crippen molar-refractivity contribution < 1.29 is 4.74 Å². The molecule has 0 aliphatic heterocycles. The summed E-state index contributed by atoms with van der Waals surface area (Å²) in [7, 11) is 1.71. The lowest BCUT2D eigenvalue weighted by Gasteiger charge is -2.05. The first-order chi connectivity index (χ1) is 10.2. The van der Waals surface area contributed by atoms with Crippen LogP contribution in [-0.2, 0) is 4.74 Å². The first-order valence-corrected chi connectivity index (χ1v) is 7.76. The molecule has 0 atom stereocenters. The van der Waals surface area contributed by atoms with E-state index >= 15 is 0 Å². The number of methoxy groups -OCH3 is 1. The van der Waals surface area contributed by atoms with Crippen LogP contribution < -0.4 is 5.32 Å². The summed E-state index contributed by atoms with van der Waals surface area (Å²) in [5.41, 5.74) is 3.24. The van der Waals surface area contributed by atoms with Crippen LogP contribution in [0.2, 0.25) is 0 Å². The number of anilines is 1. The summed E-state index contributed by atoms with van der Waals surface area (Å²) < 4.78 is 6.13. The lowest BCUT2D eigenvalue weighted by Crippen LogP contribution is -2.06. The Morgan fingerprint density at radius 1 is 1.29 bits per heavy atom. The van der Waals surface area contributed by atoms with E-state index in [1.54, 1.807) is 24.8 Å². The van der Waals surface area contributed by atoms with Crippen LogP contribution in [0.5, 0.6) is 0 Å². The number of ether oxygens (including phenoxy) is 1. The van der Waals surface area contributed by atoms with Gasteiger partial charge in [-0.15, -0.1) is 11.3 Å². The van der Waals surface area contributed by atoms with Crippen LogP contribution in [0.3, 0.4) is 0 Å². The van der Waals surface area contributed by atoms with Crippen LogP contribution in [-0.4, -0.2) is 35.2 Å². The molecule has 0 aliphatic carbocycles. The van der Waals surface area contributed by atoms with Gasteiger partial charge >= 0.3 is 0 Å². The molecule has 3 rings (SSSR count). The number of fused-ring (bicyclic) bond motifs is 3. The maximum Gasteiger partial charge on any atom is 0.147 e. The van der Waals surface area contributed by atoms with Gasteiger partial charge in [0.15, 0.2) is 0 Å². The zero-order chi connectivity index (χ0) is 14.8. The molecule has 0 fully saturated rings. The van der Waals surface area contributed by atoms with Gasteiger partial charge in [-0.25, -0.2) is 15.0 Å². The minimum Gasteiger partial charge on any atom is -0.385 e. The second kappa shape index (κ2) is 5.91. The molecule has 110 valence electrons. The van der Waals surface area contributed by atoms with Crippen molar-refractivity contribution in [2.24, 2.45) is 0 Å². The van der Waals surface area contributed by atoms with Crippen molar-refractivity contribution in [3.8, 4) is 0 Å². The molecule has 0 unspecified atom stereocenters. The Morgan fingerprint density at radius 2 is 2.14 bits per heavy atom. The third kappa shape index (κ3) is 2.69. The zero-order valence-corrected chi connectivity index (χ0v) is 13.3. The summed E-state index contributed by atoms with van der Waals surface area (Å²) in [4.78, 5) is 14.5. The van der Waals surface area contributed by atoms with Crippen molar-refractivity contribution >= 4 is 37.6 Å². The topological polar surface area (TPSA) is 59.9 Å². The number of thiophene rings is 1. The molecule has 3 aromatic heterocycles. The van der Waals surface area contributed by atoms with Gasteiger partial charge in [-0.2, -0.15) is 0 Å². The SMILES string of the molecule is COCCCNc1ncnc2c1sc1nc(C)c(C)cc12. The van der Waals surface area contributed by atoms with Crippen molar-refractivity contribution in [1.29, 1.82) is 0 Å². The van der Waals surface area contributed by atoms with Gasteiger partial charge in [0.2, 0.25) is 0 Å². The van der Waals surface area contributed by atoms with Gasteiger partial charge in [-0.05, 0) is 31.9 Å². The van der Waals surface area contributed by atoms with Gasteiger partial charge in [-0.1, -0.05) is 0 Å². The van der Waals surface area contributed by atoms with E-state index in [0.29, 0.717) is 0 Å². The number of nitrogens with zero attached hydrogens (tertiary/aromatic N) is 3. The van der Waals surface area contributed by atoms with Crippen LogP contribution in [0.15, 0.2) is 12.4 Å². The highest BCUT2D eigenvalue weighted by Crippen LogP contribution is 2.35. The molecular formula is C15H18N4OS. The number of rotatable bonds is 5. The third-order valence-electron chi connectivity index (χ3n) is 3.51. The van der Waals surface area contributed by atoms with Crippen LogP contribution in [0.4, 0.5) is 5.82 Å². The highest BCUT2D eigenvalue weighted by molar-refractivity contribution is 7.25. The fraction of sp³-hybridized carbons (Fsp3) is 0.400. The molecule has 0 bridgehead atoms. The Hall–Kier alpha value is -1.79. The Bertz CT molecular complexity index is 784. The fourth-order valence-electron chi connectivity index (χ4n) is 2.24. The standard InChI is InChI=1S/C15H18N4OS/c1-9-7-11-12-13(21-15(11)19-10(9)2)14(18-8-17-12)16-5-4-6-20-3/h7-8H,4-6H2,1-3H3,(H,16,17,18). The largest absolute Gasteiger partial charge is 0.385 e. The van der Waals surface area contributed by atoms with Gasteiger partial charge in [0.25, 0.3) is 0 Å². The van der Waals surface area contributed by atoms with Crippen molar-refractivity contribution in [3.05, 3.63) is 23.7 Å². The molecular weight excluding hydrogens is 284 g/mol. The van der Waals surface area contributed by atoms with E-state index in [4.69, 9.17) is 4.74 Å². The van der Waals surface area contributed by atoms with Gasteiger partial charge in [-0.3, -0.25) is 0 Å². The van der Waals surface area contributed by atoms with Gasteiger partial charge in [0, 0.05) is 31.3 Å². The minimum atomic E-state index is 0.744. The van der Waals surface area contributed by atoms with E-state index in [1.807, 2.05) is 6.92 Å². The Morgan fingerprint density at radius 3 is 2.95 bits per heavy atom. The van der Waals surface area contributed by atoms with E-state index in [0.717, 1.165) is 51.5 Å². The van der Waals surface area contributed by atoms with E-state index in [-0.39, 0.29) is 0 Å². The smallest absolute Gasteiger partial charge is 0.147 e. The van der Waals surface area contributed by atoms with Gasteiger partial charge in [0.1, 0.15) is 17.0 Å². The number of aromatic nitrogens is 3. The predicted molar refractivity (Wildman–Crippen MR) is 87.2 cm³/mol. The zero-order valence-electron chi connectivity index (χ0n) is 12.4. The maximum absolute atomic E-state index is 5.06. The highest BCUT2D eigenvalue weighted by Gasteiger charge is 2.13. The molecule has 3 aromatic rings.